The van der Waals surface area contributed by atoms with Crippen LogP contribution in [0.2, 0.25) is 0 Å². The third-order valence-corrected chi connectivity index (χ3v) is 3.62. The summed E-state index contributed by atoms with van der Waals surface area (Å²) in [5.74, 6) is 0.578. The maximum absolute atomic E-state index is 5.53. The molecule has 0 amide bonds. The Morgan fingerprint density at radius 3 is 2.73 bits per heavy atom. The fourth-order valence-corrected chi connectivity index (χ4v) is 2.13. The molecule has 0 spiro atoms. The summed E-state index contributed by atoms with van der Waals surface area (Å²) >= 11 is 0. The molecule has 1 aliphatic rings. The van der Waals surface area contributed by atoms with Crippen LogP contribution >= 0.6 is 0 Å². The molecule has 0 atom stereocenters. The second-order valence-corrected chi connectivity index (χ2v) is 4.53. The van der Waals surface area contributed by atoms with Gasteiger partial charge in [-0.05, 0) is 36.8 Å². The summed E-state index contributed by atoms with van der Waals surface area (Å²) in [4.78, 5) is 4.06. The zero-order valence-corrected chi connectivity index (χ0v) is 9.29. The first-order chi connectivity index (χ1) is 7.24. The van der Waals surface area contributed by atoms with Crippen LogP contribution < -0.4 is 11.1 Å². The zero-order valence-electron chi connectivity index (χ0n) is 9.29. The first kappa shape index (κ1) is 10.3. The summed E-state index contributed by atoms with van der Waals surface area (Å²) in [6.45, 7) is 3.34. The summed E-state index contributed by atoms with van der Waals surface area (Å²) in [5, 5.41) is 3.45. The second-order valence-electron chi connectivity index (χ2n) is 4.53. The lowest BCUT2D eigenvalue weighted by Gasteiger charge is -2.41. The highest BCUT2D eigenvalue weighted by Crippen LogP contribution is 2.43. The SMILES string of the molecule is CCC1(CNc2ccc(N)nc2)CCC1. The number of nitrogens with one attached hydrogen (secondary N) is 1. The minimum Gasteiger partial charge on any atom is -0.384 e. The van der Waals surface area contributed by atoms with E-state index in [1.807, 2.05) is 12.1 Å². The highest BCUT2D eigenvalue weighted by molar-refractivity contribution is 5.45. The van der Waals surface area contributed by atoms with Crippen LogP contribution in [0.15, 0.2) is 18.3 Å². The molecular formula is C12H19N3. The van der Waals surface area contributed by atoms with E-state index in [4.69, 9.17) is 5.73 Å². The lowest BCUT2D eigenvalue weighted by Crippen LogP contribution is -2.35. The average Bonchev–Trinajstić information content (AvgIpc) is 2.20. The number of nitrogen functional groups attached to an aromatic ring is 1. The molecule has 1 fully saturated rings. The second kappa shape index (κ2) is 4.09. The Labute approximate surface area is 91.1 Å². The molecule has 3 N–H and O–H groups in total. The largest absolute Gasteiger partial charge is 0.384 e. The Kier molecular flexibility index (Phi) is 2.80. The van der Waals surface area contributed by atoms with Gasteiger partial charge in [-0.25, -0.2) is 4.98 Å². The number of aromatic nitrogens is 1. The molecular weight excluding hydrogens is 186 g/mol. The monoisotopic (exact) mass is 205 g/mol. The van der Waals surface area contributed by atoms with Gasteiger partial charge in [0.1, 0.15) is 5.82 Å². The Balaban J connectivity index is 1.90. The van der Waals surface area contributed by atoms with Crippen molar-refractivity contribution in [3.8, 4) is 0 Å². The van der Waals surface area contributed by atoms with Crippen LogP contribution in [0, 0.1) is 5.41 Å². The predicted molar refractivity (Wildman–Crippen MR) is 63.7 cm³/mol. The maximum atomic E-state index is 5.53. The molecule has 1 heterocycles. The lowest BCUT2D eigenvalue weighted by atomic mass is 9.67. The van der Waals surface area contributed by atoms with Gasteiger partial charge in [-0.15, -0.1) is 0 Å². The molecule has 0 aromatic carbocycles. The average molecular weight is 205 g/mol. The number of rotatable bonds is 4. The first-order valence-corrected chi connectivity index (χ1v) is 5.69. The fourth-order valence-electron chi connectivity index (χ4n) is 2.13. The van der Waals surface area contributed by atoms with Crippen LogP contribution in [-0.4, -0.2) is 11.5 Å². The van der Waals surface area contributed by atoms with Crippen molar-refractivity contribution in [1.29, 1.82) is 0 Å². The molecule has 1 saturated carbocycles. The van der Waals surface area contributed by atoms with Crippen LogP contribution in [0.25, 0.3) is 0 Å². The Hall–Kier alpha value is -1.25. The van der Waals surface area contributed by atoms with E-state index in [1.54, 1.807) is 6.20 Å². The molecule has 1 aliphatic carbocycles. The summed E-state index contributed by atoms with van der Waals surface area (Å²) in [7, 11) is 0. The number of anilines is 2. The number of pyridine rings is 1. The van der Waals surface area contributed by atoms with Gasteiger partial charge in [0, 0.05) is 6.54 Å². The van der Waals surface area contributed by atoms with Crippen molar-refractivity contribution in [2.24, 2.45) is 5.41 Å². The standard InChI is InChI=1S/C12H19N3/c1-2-12(6-3-7-12)9-15-10-4-5-11(13)14-8-10/h4-5,8,15H,2-3,6-7,9H2,1H3,(H2,13,14). The summed E-state index contributed by atoms with van der Waals surface area (Å²) in [5.41, 5.74) is 7.15. The number of hydrogen-bond donors (Lipinski definition) is 2. The van der Waals surface area contributed by atoms with Crippen molar-refractivity contribution in [1.82, 2.24) is 4.98 Å². The van der Waals surface area contributed by atoms with Crippen LogP contribution in [-0.2, 0) is 0 Å². The molecule has 0 saturated heterocycles. The van der Waals surface area contributed by atoms with E-state index < -0.39 is 0 Å². The normalized spacial score (nSPS) is 18.2. The fraction of sp³-hybridized carbons (Fsp3) is 0.583. The Morgan fingerprint density at radius 1 is 1.47 bits per heavy atom. The van der Waals surface area contributed by atoms with Gasteiger partial charge in [0.2, 0.25) is 0 Å². The molecule has 1 aromatic rings. The molecule has 0 bridgehead atoms. The van der Waals surface area contributed by atoms with E-state index >= 15 is 0 Å². The summed E-state index contributed by atoms with van der Waals surface area (Å²) in [6.07, 6.45) is 7.17. The lowest BCUT2D eigenvalue weighted by molar-refractivity contribution is 0.145. The zero-order chi connectivity index (χ0) is 10.7. The molecule has 1 aromatic heterocycles. The van der Waals surface area contributed by atoms with E-state index in [2.05, 4.69) is 17.2 Å². The van der Waals surface area contributed by atoms with Gasteiger partial charge in [-0.2, -0.15) is 0 Å². The van der Waals surface area contributed by atoms with E-state index in [1.165, 1.54) is 25.7 Å². The summed E-state index contributed by atoms with van der Waals surface area (Å²) in [6, 6.07) is 3.83. The van der Waals surface area contributed by atoms with Crippen molar-refractivity contribution in [3.05, 3.63) is 18.3 Å². The van der Waals surface area contributed by atoms with Crippen molar-refractivity contribution < 1.29 is 0 Å². The molecule has 0 unspecified atom stereocenters. The van der Waals surface area contributed by atoms with Gasteiger partial charge in [0.15, 0.2) is 0 Å². The van der Waals surface area contributed by atoms with Gasteiger partial charge in [-0.1, -0.05) is 13.3 Å². The molecule has 3 nitrogen and oxygen atoms in total. The van der Waals surface area contributed by atoms with Crippen LogP contribution in [0.4, 0.5) is 11.5 Å². The summed E-state index contributed by atoms with van der Waals surface area (Å²) < 4.78 is 0. The molecule has 82 valence electrons. The highest BCUT2D eigenvalue weighted by Gasteiger charge is 2.34. The van der Waals surface area contributed by atoms with E-state index in [9.17, 15) is 0 Å². The van der Waals surface area contributed by atoms with E-state index in [-0.39, 0.29) is 0 Å². The third kappa shape index (κ3) is 2.22. The van der Waals surface area contributed by atoms with Crippen molar-refractivity contribution in [2.75, 3.05) is 17.6 Å². The Bertz CT molecular complexity index is 309. The minimum absolute atomic E-state index is 0.543. The van der Waals surface area contributed by atoms with Crippen LogP contribution in [0.3, 0.4) is 0 Å². The smallest absolute Gasteiger partial charge is 0.123 e. The van der Waals surface area contributed by atoms with E-state index in [0.717, 1.165) is 12.2 Å². The first-order valence-electron chi connectivity index (χ1n) is 5.69. The van der Waals surface area contributed by atoms with Crippen molar-refractivity contribution in [3.63, 3.8) is 0 Å². The minimum atomic E-state index is 0.543. The van der Waals surface area contributed by atoms with Crippen LogP contribution in [0.5, 0.6) is 0 Å². The van der Waals surface area contributed by atoms with Crippen LogP contribution in [0.1, 0.15) is 32.6 Å². The van der Waals surface area contributed by atoms with Crippen molar-refractivity contribution in [2.45, 2.75) is 32.6 Å². The molecule has 0 aliphatic heterocycles. The number of hydrogen-bond acceptors (Lipinski definition) is 3. The van der Waals surface area contributed by atoms with Gasteiger partial charge < -0.3 is 11.1 Å². The maximum Gasteiger partial charge on any atom is 0.123 e. The third-order valence-electron chi connectivity index (χ3n) is 3.62. The number of nitrogens with two attached hydrogens (primary N) is 1. The topological polar surface area (TPSA) is 50.9 Å². The molecule has 15 heavy (non-hydrogen) atoms. The van der Waals surface area contributed by atoms with Gasteiger partial charge >= 0.3 is 0 Å². The van der Waals surface area contributed by atoms with Gasteiger partial charge in [0.25, 0.3) is 0 Å². The highest BCUT2D eigenvalue weighted by atomic mass is 14.9. The molecule has 2 rings (SSSR count). The quantitative estimate of drug-likeness (QED) is 0.794. The molecule has 0 radical (unpaired) electrons. The number of nitrogens with zero attached hydrogens (tertiary/aromatic N) is 1. The van der Waals surface area contributed by atoms with Gasteiger partial charge in [0.05, 0.1) is 11.9 Å². The van der Waals surface area contributed by atoms with Crippen molar-refractivity contribution >= 4 is 11.5 Å². The Morgan fingerprint density at radius 2 is 2.27 bits per heavy atom. The molecule has 3 heteroatoms. The van der Waals surface area contributed by atoms with Gasteiger partial charge in [-0.3, -0.25) is 0 Å². The predicted octanol–water partition coefficient (Wildman–Crippen LogP) is 2.66. The van der Waals surface area contributed by atoms with E-state index in [0.29, 0.717) is 11.2 Å².